The van der Waals surface area contributed by atoms with Crippen LogP contribution in [0.1, 0.15) is 111 Å². The van der Waals surface area contributed by atoms with Gasteiger partial charge >= 0.3 is 0 Å². The molecule has 178 valence electrons. The number of likely N-dealkylation sites (tertiary alicyclic amines) is 2. The highest BCUT2D eigenvalue weighted by atomic mass is 16.2. The minimum absolute atomic E-state index is 0.258. The largest absolute Gasteiger partial charge is 0.341 e. The van der Waals surface area contributed by atoms with Gasteiger partial charge in [-0.15, -0.1) is 0 Å². The molecule has 2 heterocycles. The topological polar surface area (TPSA) is 23.6 Å². The lowest BCUT2D eigenvalue weighted by Gasteiger charge is -2.54. The van der Waals surface area contributed by atoms with E-state index < -0.39 is 0 Å². The van der Waals surface area contributed by atoms with Crippen molar-refractivity contribution in [3.63, 3.8) is 0 Å². The van der Waals surface area contributed by atoms with Gasteiger partial charge in [0.05, 0.1) is 6.54 Å². The summed E-state index contributed by atoms with van der Waals surface area (Å²) in [5.74, 6) is 8.37. The molecule has 31 heavy (non-hydrogen) atoms. The van der Waals surface area contributed by atoms with Gasteiger partial charge in [-0.05, 0) is 51.6 Å². The molecule has 2 unspecified atom stereocenters. The highest BCUT2D eigenvalue weighted by molar-refractivity contribution is 5.79. The molecule has 3 nitrogen and oxygen atoms in total. The Morgan fingerprint density at radius 2 is 1.58 bits per heavy atom. The summed E-state index contributed by atoms with van der Waals surface area (Å²) in [7, 11) is 0. The second-order valence-electron chi connectivity index (χ2n) is 10.4. The molecule has 1 amide bonds. The lowest BCUT2D eigenvalue weighted by Crippen LogP contribution is -2.62. The summed E-state index contributed by atoms with van der Waals surface area (Å²) < 4.78 is 0. The monoisotopic (exact) mass is 430 g/mol. The van der Waals surface area contributed by atoms with Crippen molar-refractivity contribution < 1.29 is 4.79 Å². The molecule has 0 aromatic carbocycles. The Balaban J connectivity index is 1.70. The van der Waals surface area contributed by atoms with Crippen LogP contribution in [0.2, 0.25) is 0 Å². The van der Waals surface area contributed by atoms with Gasteiger partial charge in [-0.2, -0.15) is 0 Å². The first-order valence-electron chi connectivity index (χ1n) is 13.6. The van der Waals surface area contributed by atoms with E-state index in [4.69, 9.17) is 0 Å². The smallest absolute Gasteiger partial charge is 0.225 e. The van der Waals surface area contributed by atoms with Crippen molar-refractivity contribution in [1.82, 2.24) is 9.80 Å². The Labute approximate surface area is 193 Å². The van der Waals surface area contributed by atoms with Gasteiger partial charge in [0.25, 0.3) is 0 Å². The summed E-state index contributed by atoms with van der Waals surface area (Å²) in [5, 5.41) is 0. The zero-order valence-corrected chi connectivity index (χ0v) is 21.2. The number of amides is 1. The van der Waals surface area contributed by atoms with Crippen LogP contribution in [-0.2, 0) is 4.79 Å². The first kappa shape index (κ1) is 26.2. The summed E-state index contributed by atoms with van der Waals surface area (Å²) in [5.41, 5.74) is 0.409. The van der Waals surface area contributed by atoms with E-state index >= 15 is 0 Å². The fraction of sp³-hybridized carbons (Fsp3) is 0.893. The third-order valence-corrected chi connectivity index (χ3v) is 7.68. The molecule has 0 bridgehead atoms. The molecule has 3 heteroatoms. The van der Waals surface area contributed by atoms with Crippen molar-refractivity contribution in [2.45, 2.75) is 111 Å². The van der Waals surface area contributed by atoms with Crippen LogP contribution in [0.3, 0.4) is 0 Å². The summed E-state index contributed by atoms with van der Waals surface area (Å²) >= 11 is 0. The van der Waals surface area contributed by atoms with Gasteiger partial charge in [0.15, 0.2) is 0 Å². The summed E-state index contributed by atoms with van der Waals surface area (Å²) in [6.45, 7) is 14.2. The average Bonchev–Trinajstić information content (AvgIpc) is 2.76. The van der Waals surface area contributed by atoms with E-state index in [-0.39, 0.29) is 5.92 Å². The van der Waals surface area contributed by atoms with Gasteiger partial charge in [-0.1, -0.05) is 84.5 Å². The highest BCUT2D eigenvalue weighted by Gasteiger charge is 2.47. The third kappa shape index (κ3) is 8.45. The van der Waals surface area contributed by atoms with E-state index in [1.165, 1.54) is 70.6 Å². The fourth-order valence-corrected chi connectivity index (χ4v) is 5.39. The minimum atomic E-state index is 0.258. The van der Waals surface area contributed by atoms with Crippen molar-refractivity contribution in [2.24, 2.45) is 17.3 Å². The highest BCUT2D eigenvalue weighted by Crippen LogP contribution is 2.41. The van der Waals surface area contributed by atoms with Crippen LogP contribution in [0.15, 0.2) is 0 Å². The predicted octanol–water partition coefficient (Wildman–Crippen LogP) is 6.52. The molecule has 0 aliphatic carbocycles. The van der Waals surface area contributed by atoms with Gasteiger partial charge in [0.2, 0.25) is 5.91 Å². The van der Waals surface area contributed by atoms with Crippen molar-refractivity contribution in [3.05, 3.63) is 0 Å². The fourth-order valence-electron chi connectivity index (χ4n) is 5.39. The van der Waals surface area contributed by atoms with Crippen LogP contribution < -0.4 is 0 Å². The van der Waals surface area contributed by atoms with Gasteiger partial charge < -0.3 is 4.90 Å². The lowest BCUT2D eigenvalue weighted by atomic mass is 9.71. The number of unbranched alkanes of at least 4 members (excludes halogenated alkanes) is 4. The minimum Gasteiger partial charge on any atom is -0.341 e. The third-order valence-electron chi connectivity index (χ3n) is 7.68. The van der Waals surface area contributed by atoms with Gasteiger partial charge in [0, 0.05) is 30.3 Å². The van der Waals surface area contributed by atoms with Crippen LogP contribution in [0.25, 0.3) is 0 Å². The number of hydrogen-bond acceptors (Lipinski definition) is 2. The van der Waals surface area contributed by atoms with E-state index in [1.807, 2.05) is 0 Å². The number of carbonyl (C=O) groups is 1. The number of piperidine rings is 1. The molecule has 2 aliphatic heterocycles. The van der Waals surface area contributed by atoms with Crippen LogP contribution in [0.5, 0.6) is 0 Å². The van der Waals surface area contributed by atoms with Crippen LogP contribution in [0.4, 0.5) is 0 Å². The molecule has 1 spiro atoms. The van der Waals surface area contributed by atoms with Crippen LogP contribution >= 0.6 is 0 Å². The summed E-state index contributed by atoms with van der Waals surface area (Å²) in [4.78, 5) is 17.7. The van der Waals surface area contributed by atoms with Crippen molar-refractivity contribution in [3.8, 4) is 11.8 Å². The second-order valence-corrected chi connectivity index (χ2v) is 10.4. The Morgan fingerprint density at radius 3 is 2.19 bits per heavy atom. The van der Waals surface area contributed by atoms with Crippen molar-refractivity contribution in [1.29, 1.82) is 0 Å². The van der Waals surface area contributed by atoms with Gasteiger partial charge in [-0.25, -0.2) is 0 Å². The van der Waals surface area contributed by atoms with Crippen LogP contribution in [0, 0.1) is 29.1 Å². The molecule has 0 aromatic heterocycles. The molecule has 2 rings (SSSR count). The van der Waals surface area contributed by atoms with E-state index in [0.717, 1.165) is 45.6 Å². The molecule has 0 saturated carbocycles. The molecule has 2 atom stereocenters. The first-order chi connectivity index (χ1) is 15.1. The van der Waals surface area contributed by atoms with E-state index in [0.29, 0.717) is 17.2 Å². The van der Waals surface area contributed by atoms with Crippen molar-refractivity contribution in [2.75, 3.05) is 32.7 Å². The molecule has 2 aliphatic rings. The van der Waals surface area contributed by atoms with E-state index in [1.54, 1.807) is 0 Å². The Hall–Kier alpha value is -1.01. The maximum atomic E-state index is 12.9. The second kappa shape index (κ2) is 14.2. The summed E-state index contributed by atoms with van der Waals surface area (Å²) in [6.07, 6.45) is 15.9. The quantitative estimate of drug-likeness (QED) is 0.245. The standard InChI is InChI=1S/C28H50N2O/c1-5-9-11-12-17-26(8-4)27(31)30-23-28(24-30)18-21-29(22-19-28)20-13-16-25(14-7-3)15-10-6-2/h25-26H,5-12,14-15,17-24H2,1-4H3. The zero-order chi connectivity index (χ0) is 22.5. The number of nitrogens with zero attached hydrogens (tertiary/aromatic N) is 2. The molecule has 0 N–H and O–H groups in total. The van der Waals surface area contributed by atoms with Gasteiger partial charge in [-0.3, -0.25) is 9.69 Å². The van der Waals surface area contributed by atoms with Crippen LogP contribution in [-0.4, -0.2) is 48.4 Å². The van der Waals surface area contributed by atoms with E-state index in [9.17, 15) is 4.79 Å². The zero-order valence-electron chi connectivity index (χ0n) is 21.2. The SMILES string of the molecule is CCCCCCC(CC)C(=O)N1CC2(CCN(CC#CC(CCC)CCCC)CC2)C1. The molecule has 0 radical (unpaired) electrons. The normalized spacial score (nSPS) is 20.1. The number of carbonyl (C=O) groups excluding carboxylic acids is 1. The van der Waals surface area contributed by atoms with E-state index in [2.05, 4.69) is 49.3 Å². The Bertz CT molecular complexity index is 559. The molecular formula is C28H50N2O. The summed E-state index contributed by atoms with van der Waals surface area (Å²) in [6, 6.07) is 0. The predicted molar refractivity (Wildman–Crippen MR) is 133 cm³/mol. The number of hydrogen-bond donors (Lipinski definition) is 0. The average molecular weight is 431 g/mol. The van der Waals surface area contributed by atoms with Gasteiger partial charge in [0.1, 0.15) is 0 Å². The Kier molecular flexibility index (Phi) is 12.0. The number of rotatable bonds is 13. The maximum Gasteiger partial charge on any atom is 0.225 e. The lowest BCUT2D eigenvalue weighted by molar-refractivity contribution is -0.151. The first-order valence-corrected chi connectivity index (χ1v) is 13.6. The molecule has 2 fully saturated rings. The maximum absolute atomic E-state index is 12.9. The molecule has 0 aromatic rings. The molecular weight excluding hydrogens is 380 g/mol. The Morgan fingerprint density at radius 1 is 0.871 bits per heavy atom. The molecule has 2 saturated heterocycles. The van der Waals surface area contributed by atoms with Crippen molar-refractivity contribution >= 4 is 5.91 Å².